The Bertz CT molecular complexity index is 904. The van der Waals surface area contributed by atoms with E-state index in [2.05, 4.69) is 63.5 Å². The van der Waals surface area contributed by atoms with Gasteiger partial charge in [-0.25, -0.2) is 0 Å². The number of nitrogens with zero attached hydrogens (tertiary/aromatic N) is 5. The van der Waals surface area contributed by atoms with Gasteiger partial charge in [-0.1, -0.05) is 25.1 Å². The van der Waals surface area contributed by atoms with Crippen LogP contribution >= 0.6 is 0 Å². The van der Waals surface area contributed by atoms with E-state index in [4.69, 9.17) is 0 Å². The van der Waals surface area contributed by atoms with Crippen LogP contribution in [0.15, 0.2) is 60.8 Å². The van der Waals surface area contributed by atoms with E-state index in [1.807, 2.05) is 35.2 Å². The average Bonchev–Trinajstić information content (AvgIpc) is 2.77. The smallest absolute Gasteiger partial charge is 0.251 e. The molecule has 1 aliphatic heterocycles. The monoisotopic (exact) mass is 388 g/mol. The highest BCUT2D eigenvalue weighted by molar-refractivity contribution is 5.62. The molecule has 1 N–H and O–H groups in total. The molecule has 1 aliphatic rings. The van der Waals surface area contributed by atoms with E-state index in [-0.39, 0.29) is 0 Å². The third-order valence-electron chi connectivity index (χ3n) is 5.46. The number of hydrogen-bond acceptors (Lipinski definition) is 6. The first kappa shape index (κ1) is 19.2. The lowest BCUT2D eigenvalue weighted by Gasteiger charge is -2.32. The molecule has 29 heavy (non-hydrogen) atoms. The number of piperidine rings is 1. The minimum absolute atomic E-state index is 0.586. The quantitative estimate of drug-likeness (QED) is 0.641. The van der Waals surface area contributed by atoms with Gasteiger partial charge in [0, 0.05) is 36.7 Å². The molecule has 1 saturated heterocycles. The van der Waals surface area contributed by atoms with Gasteiger partial charge in [0.2, 0.25) is 0 Å². The summed E-state index contributed by atoms with van der Waals surface area (Å²) in [6.45, 7) is 7.46. The molecule has 6 nitrogen and oxygen atoms in total. The molecule has 1 aromatic heterocycles. The van der Waals surface area contributed by atoms with Crippen LogP contribution in [0.3, 0.4) is 0 Å². The lowest BCUT2D eigenvalue weighted by Crippen LogP contribution is -2.32. The van der Waals surface area contributed by atoms with Gasteiger partial charge >= 0.3 is 0 Å². The first-order valence-electron chi connectivity index (χ1n) is 10.4. The Morgan fingerprint density at radius 1 is 1.03 bits per heavy atom. The second kappa shape index (κ2) is 8.90. The van der Waals surface area contributed by atoms with E-state index in [1.165, 1.54) is 18.5 Å². The largest absolute Gasteiger partial charge is 0.372 e. The van der Waals surface area contributed by atoms with Crippen LogP contribution in [0, 0.1) is 5.92 Å². The summed E-state index contributed by atoms with van der Waals surface area (Å²) in [7, 11) is 0. The normalized spacial score (nSPS) is 14.6. The first-order chi connectivity index (χ1) is 14.2. The number of hydrogen-bond donors (Lipinski definition) is 1. The zero-order valence-electron chi connectivity index (χ0n) is 17.1. The van der Waals surface area contributed by atoms with Crippen molar-refractivity contribution in [3.63, 3.8) is 0 Å². The van der Waals surface area contributed by atoms with E-state index in [0.29, 0.717) is 11.8 Å². The number of para-hydroxylation sites is 1. The molecule has 150 valence electrons. The van der Waals surface area contributed by atoms with Crippen LogP contribution in [0.5, 0.6) is 0 Å². The highest BCUT2D eigenvalue weighted by atomic mass is 15.3. The fourth-order valence-corrected chi connectivity index (χ4v) is 3.69. The maximum atomic E-state index is 4.67. The molecule has 1 fully saturated rings. The Balaban J connectivity index is 1.46. The zero-order chi connectivity index (χ0) is 20.1. The lowest BCUT2D eigenvalue weighted by atomic mass is 9.99. The Morgan fingerprint density at radius 3 is 2.45 bits per heavy atom. The molecule has 0 atom stereocenters. The summed E-state index contributed by atoms with van der Waals surface area (Å²) in [5.41, 5.74) is 3.33. The molecule has 0 unspecified atom stereocenters. The van der Waals surface area contributed by atoms with Crippen LogP contribution in [0.4, 0.5) is 28.8 Å². The topological polar surface area (TPSA) is 57.2 Å². The summed E-state index contributed by atoms with van der Waals surface area (Å²) >= 11 is 0. The van der Waals surface area contributed by atoms with Gasteiger partial charge in [0.15, 0.2) is 5.82 Å². The van der Waals surface area contributed by atoms with E-state index in [9.17, 15) is 0 Å². The van der Waals surface area contributed by atoms with Crippen molar-refractivity contribution in [1.82, 2.24) is 15.2 Å². The summed E-state index contributed by atoms with van der Waals surface area (Å²) in [4.78, 5) is 9.17. The van der Waals surface area contributed by atoms with Gasteiger partial charge in [0.05, 0.1) is 6.20 Å². The molecule has 0 spiro atoms. The summed E-state index contributed by atoms with van der Waals surface area (Å²) in [6.07, 6.45) is 4.19. The van der Waals surface area contributed by atoms with Crippen LogP contribution in [-0.2, 0) is 0 Å². The molecule has 0 bridgehead atoms. The SMILES string of the molecule is CCN(c1ccccc1)c1nncc(Nc2ccc(N3CCC(C)CC3)cc2)n1. The van der Waals surface area contributed by atoms with Gasteiger partial charge in [-0.05, 0) is 62.1 Å². The summed E-state index contributed by atoms with van der Waals surface area (Å²) in [5, 5.41) is 11.7. The van der Waals surface area contributed by atoms with Crippen molar-refractivity contribution in [2.75, 3.05) is 34.8 Å². The minimum Gasteiger partial charge on any atom is -0.372 e. The summed E-state index contributed by atoms with van der Waals surface area (Å²) in [5.74, 6) is 2.11. The molecular formula is C23H28N6. The van der Waals surface area contributed by atoms with Gasteiger partial charge in [-0.2, -0.15) is 10.1 Å². The standard InChI is InChI=1S/C23H28N6/c1-3-29(21-7-5-4-6-8-21)23-26-22(17-24-27-23)25-19-9-11-20(12-10-19)28-15-13-18(2)14-16-28/h4-12,17-18H,3,13-16H2,1-2H3,(H,25,26,27). The van der Waals surface area contributed by atoms with Crippen molar-refractivity contribution in [1.29, 1.82) is 0 Å². The molecular weight excluding hydrogens is 360 g/mol. The fraction of sp³-hybridized carbons (Fsp3) is 0.348. The number of benzene rings is 2. The highest BCUT2D eigenvalue weighted by Gasteiger charge is 2.16. The van der Waals surface area contributed by atoms with Gasteiger partial charge < -0.3 is 15.1 Å². The molecule has 2 heterocycles. The van der Waals surface area contributed by atoms with E-state index >= 15 is 0 Å². The minimum atomic E-state index is 0.586. The predicted molar refractivity (Wildman–Crippen MR) is 119 cm³/mol. The van der Waals surface area contributed by atoms with Crippen LogP contribution in [0.1, 0.15) is 26.7 Å². The molecule has 6 heteroatoms. The number of nitrogens with one attached hydrogen (secondary N) is 1. The van der Waals surface area contributed by atoms with E-state index in [1.54, 1.807) is 6.20 Å². The Kier molecular flexibility index (Phi) is 5.89. The number of anilines is 5. The fourth-order valence-electron chi connectivity index (χ4n) is 3.69. The lowest BCUT2D eigenvalue weighted by molar-refractivity contribution is 0.438. The van der Waals surface area contributed by atoms with Gasteiger partial charge in [0.1, 0.15) is 0 Å². The summed E-state index contributed by atoms with van der Waals surface area (Å²) in [6, 6.07) is 18.7. The molecule has 3 aromatic rings. The van der Waals surface area contributed by atoms with E-state index in [0.717, 1.165) is 36.9 Å². The molecule has 0 saturated carbocycles. The highest BCUT2D eigenvalue weighted by Crippen LogP contribution is 2.26. The second-order valence-corrected chi connectivity index (χ2v) is 7.56. The van der Waals surface area contributed by atoms with Gasteiger partial charge in [-0.3, -0.25) is 0 Å². The zero-order valence-corrected chi connectivity index (χ0v) is 17.1. The maximum Gasteiger partial charge on any atom is 0.251 e. The Hall–Kier alpha value is -3.15. The van der Waals surface area contributed by atoms with Gasteiger partial charge in [-0.15, -0.1) is 5.10 Å². The average molecular weight is 389 g/mol. The van der Waals surface area contributed by atoms with Crippen LogP contribution in [0.25, 0.3) is 0 Å². The van der Waals surface area contributed by atoms with Crippen molar-refractivity contribution in [2.45, 2.75) is 26.7 Å². The van der Waals surface area contributed by atoms with E-state index < -0.39 is 0 Å². The van der Waals surface area contributed by atoms with Gasteiger partial charge in [0.25, 0.3) is 5.95 Å². The molecule has 2 aromatic carbocycles. The maximum absolute atomic E-state index is 4.67. The van der Waals surface area contributed by atoms with Crippen molar-refractivity contribution >= 4 is 28.8 Å². The van der Waals surface area contributed by atoms with Crippen molar-refractivity contribution in [2.24, 2.45) is 5.92 Å². The van der Waals surface area contributed by atoms with Crippen molar-refractivity contribution in [3.8, 4) is 0 Å². The molecule has 4 rings (SSSR count). The first-order valence-corrected chi connectivity index (χ1v) is 10.4. The second-order valence-electron chi connectivity index (χ2n) is 7.56. The van der Waals surface area contributed by atoms with Crippen molar-refractivity contribution in [3.05, 3.63) is 60.8 Å². The van der Waals surface area contributed by atoms with Crippen LogP contribution in [0.2, 0.25) is 0 Å². The Labute approximate surface area is 172 Å². The molecule has 0 aliphatic carbocycles. The Morgan fingerprint density at radius 2 is 1.76 bits per heavy atom. The third-order valence-corrected chi connectivity index (χ3v) is 5.46. The number of rotatable bonds is 6. The van der Waals surface area contributed by atoms with Crippen LogP contribution < -0.4 is 15.1 Å². The number of aromatic nitrogens is 3. The molecule has 0 amide bonds. The van der Waals surface area contributed by atoms with Crippen molar-refractivity contribution < 1.29 is 0 Å². The van der Waals surface area contributed by atoms with Crippen LogP contribution in [-0.4, -0.2) is 34.8 Å². The molecule has 0 radical (unpaired) electrons. The summed E-state index contributed by atoms with van der Waals surface area (Å²) < 4.78 is 0. The predicted octanol–water partition coefficient (Wildman–Crippen LogP) is 5.01. The third kappa shape index (κ3) is 4.65.